The topological polar surface area (TPSA) is 42.5 Å². The third-order valence-electron chi connectivity index (χ3n) is 5.24. The van der Waals surface area contributed by atoms with E-state index in [1.54, 1.807) is 0 Å². The molecule has 2 aromatic rings. The molecule has 0 aliphatic carbocycles. The number of ether oxygens (including phenoxy) is 2. The van der Waals surface area contributed by atoms with Crippen molar-refractivity contribution < 1.29 is 22.6 Å². The largest absolute Gasteiger partial charge is 0.573 e. The first-order valence-corrected chi connectivity index (χ1v) is 9.56. The Morgan fingerprint density at radius 3 is 2.72 bits per heavy atom. The molecule has 2 aromatic carbocycles. The van der Waals surface area contributed by atoms with Crippen molar-refractivity contribution in [3.63, 3.8) is 0 Å². The van der Waals surface area contributed by atoms with Gasteiger partial charge in [-0.15, -0.1) is 25.6 Å². The molecule has 1 saturated heterocycles. The van der Waals surface area contributed by atoms with Crippen LogP contribution in [0, 0.1) is 0 Å². The molecule has 2 N–H and O–H groups in total. The predicted molar refractivity (Wildman–Crippen MR) is 107 cm³/mol. The van der Waals surface area contributed by atoms with Gasteiger partial charge in [0.2, 0.25) is 0 Å². The van der Waals surface area contributed by atoms with Crippen LogP contribution in [0.2, 0.25) is 0 Å². The molecule has 0 unspecified atom stereocenters. The number of rotatable bonds is 5. The molecule has 0 amide bonds. The van der Waals surface area contributed by atoms with Gasteiger partial charge >= 0.3 is 6.36 Å². The van der Waals surface area contributed by atoms with Gasteiger partial charge in [-0.25, -0.2) is 0 Å². The smallest absolute Gasteiger partial charge is 0.493 e. The maximum Gasteiger partial charge on any atom is 0.573 e. The highest BCUT2D eigenvalue weighted by molar-refractivity contribution is 5.85. The maximum absolute atomic E-state index is 12.7. The standard InChI is InChI=1S/C21H23F3N2O2.ClH/c22-21(23,24)28-17-11-15-8-10-27-20(15)16(12-17)13-26-18-7-4-9-25-19(18)14-5-2-1-3-6-14;/h1-3,5-6,11-12,18-19,25-26H,4,7-10,13H2;1H/t18-,19-;/m0./s1. The lowest BCUT2D eigenvalue weighted by molar-refractivity contribution is -0.274. The van der Waals surface area contributed by atoms with Crippen LogP contribution in [-0.2, 0) is 13.0 Å². The summed E-state index contributed by atoms with van der Waals surface area (Å²) in [5, 5.41) is 7.08. The van der Waals surface area contributed by atoms with Crippen LogP contribution in [0.5, 0.6) is 11.5 Å². The maximum atomic E-state index is 12.7. The summed E-state index contributed by atoms with van der Waals surface area (Å²) in [6.07, 6.45) is -2.07. The molecule has 1 fully saturated rings. The van der Waals surface area contributed by atoms with Crippen molar-refractivity contribution in [2.45, 2.75) is 44.3 Å². The van der Waals surface area contributed by atoms with Crippen molar-refractivity contribution in [3.8, 4) is 11.5 Å². The Balaban J connectivity index is 0.00000240. The summed E-state index contributed by atoms with van der Waals surface area (Å²) in [4.78, 5) is 0. The van der Waals surface area contributed by atoms with Gasteiger partial charge in [-0.2, -0.15) is 0 Å². The van der Waals surface area contributed by atoms with Gasteiger partial charge in [-0.05, 0) is 37.1 Å². The minimum atomic E-state index is -4.70. The van der Waals surface area contributed by atoms with Crippen LogP contribution in [0.1, 0.15) is 35.6 Å². The van der Waals surface area contributed by atoms with E-state index in [0.717, 1.165) is 24.9 Å². The average molecular weight is 429 g/mol. The van der Waals surface area contributed by atoms with Crippen molar-refractivity contribution in [2.75, 3.05) is 13.2 Å². The summed E-state index contributed by atoms with van der Waals surface area (Å²) < 4.78 is 47.8. The highest BCUT2D eigenvalue weighted by Crippen LogP contribution is 2.36. The van der Waals surface area contributed by atoms with Gasteiger partial charge in [-0.1, -0.05) is 30.3 Å². The molecule has 0 radical (unpaired) electrons. The lowest BCUT2D eigenvalue weighted by Gasteiger charge is -2.34. The van der Waals surface area contributed by atoms with Gasteiger partial charge in [0, 0.05) is 36.2 Å². The van der Waals surface area contributed by atoms with Gasteiger partial charge in [0.1, 0.15) is 11.5 Å². The number of alkyl halides is 3. The number of hydrogen-bond donors (Lipinski definition) is 2. The Morgan fingerprint density at radius 2 is 1.97 bits per heavy atom. The zero-order valence-corrected chi connectivity index (χ0v) is 16.6. The Bertz CT molecular complexity index is 818. The summed E-state index contributed by atoms with van der Waals surface area (Å²) in [5.41, 5.74) is 2.67. The Labute approximate surface area is 174 Å². The average Bonchev–Trinajstić information content (AvgIpc) is 3.14. The van der Waals surface area contributed by atoms with E-state index in [2.05, 4.69) is 27.5 Å². The van der Waals surface area contributed by atoms with Crippen molar-refractivity contribution in [1.82, 2.24) is 10.6 Å². The molecule has 29 heavy (non-hydrogen) atoms. The third-order valence-corrected chi connectivity index (χ3v) is 5.24. The van der Waals surface area contributed by atoms with E-state index in [9.17, 15) is 13.2 Å². The molecule has 0 aromatic heterocycles. The molecule has 4 nitrogen and oxygen atoms in total. The van der Waals surface area contributed by atoms with Crippen LogP contribution in [0.3, 0.4) is 0 Å². The molecular formula is C21H24ClF3N2O2. The minimum absolute atomic E-state index is 0. The van der Waals surface area contributed by atoms with E-state index in [4.69, 9.17) is 4.74 Å². The molecule has 0 bridgehead atoms. The summed E-state index contributed by atoms with van der Waals surface area (Å²) in [6, 6.07) is 13.4. The number of hydrogen-bond acceptors (Lipinski definition) is 4. The Hall–Kier alpha value is -1.96. The fourth-order valence-electron chi connectivity index (χ4n) is 4.04. The van der Waals surface area contributed by atoms with Crippen molar-refractivity contribution in [2.24, 2.45) is 0 Å². The number of fused-ring (bicyclic) bond motifs is 1. The zero-order chi connectivity index (χ0) is 19.6. The zero-order valence-electron chi connectivity index (χ0n) is 15.8. The highest BCUT2D eigenvalue weighted by atomic mass is 35.5. The highest BCUT2D eigenvalue weighted by Gasteiger charge is 2.32. The molecule has 2 heterocycles. The molecule has 2 aliphatic heterocycles. The predicted octanol–water partition coefficient (Wildman–Crippen LogP) is 4.52. The van der Waals surface area contributed by atoms with Crippen LogP contribution < -0.4 is 20.1 Å². The van der Waals surface area contributed by atoms with Gasteiger partial charge in [0.05, 0.1) is 6.61 Å². The van der Waals surface area contributed by atoms with E-state index in [1.807, 2.05) is 18.2 Å². The normalized spacial score (nSPS) is 21.1. The summed E-state index contributed by atoms with van der Waals surface area (Å²) >= 11 is 0. The van der Waals surface area contributed by atoms with Crippen LogP contribution >= 0.6 is 12.4 Å². The van der Waals surface area contributed by atoms with E-state index >= 15 is 0 Å². The lowest BCUT2D eigenvalue weighted by atomic mass is 9.92. The molecule has 158 valence electrons. The van der Waals surface area contributed by atoms with Gasteiger partial charge in [0.15, 0.2) is 0 Å². The third kappa shape index (κ3) is 5.35. The number of benzene rings is 2. The van der Waals surface area contributed by atoms with Gasteiger partial charge < -0.3 is 20.1 Å². The Morgan fingerprint density at radius 1 is 1.17 bits per heavy atom. The number of halogens is 4. The molecular weight excluding hydrogens is 405 g/mol. The monoisotopic (exact) mass is 428 g/mol. The second kappa shape index (κ2) is 9.24. The first-order valence-electron chi connectivity index (χ1n) is 9.56. The first-order chi connectivity index (χ1) is 13.5. The van der Waals surface area contributed by atoms with Crippen LogP contribution in [0.15, 0.2) is 42.5 Å². The second-order valence-electron chi connectivity index (χ2n) is 7.19. The van der Waals surface area contributed by atoms with Crippen LogP contribution in [0.4, 0.5) is 13.2 Å². The molecule has 0 spiro atoms. The first kappa shape index (κ1) is 21.7. The van der Waals surface area contributed by atoms with Crippen molar-refractivity contribution in [1.29, 1.82) is 0 Å². The minimum Gasteiger partial charge on any atom is -0.493 e. The number of nitrogens with one attached hydrogen (secondary N) is 2. The van der Waals surface area contributed by atoms with E-state index in [1.165, 1.54) is 17.7 Å². The Kier molecular flexibility index (Phi) is 6.93. The summed E-state index contributed by atoms with van der Waals surface area (Å²) in [7, 11) is 0. The van der Waals surface area contributed by atoms with E-state index < -0.39 is 6.36 Å². The molecule has 0 saturated carbocycles. The summed E-state index contributed by atoms with van der Waals surface area (Å²) in [6.45, 7) is 1.85. The van der Waals surface area contributed by atoms with E-state index in [-0.39, 0.29) is 30.2 Å². The summed E-state index contributed by atoms with van der Waals surface area (Å²) in [5.74, 6) is 0.497. The fraction of sp³-hybridized carbons (Fsp3) is 0.429. The van der Waals surface area contributed by atoms with Gasteiger partial charge in [0.25, 0.3) is 0 Å². The molecule has 4 rings (SSSR count). The SMILES string of the molecule is Cl.FC(F)(F)Oc1cc2c(c(CN[C@H]3CCCN[C@H]3c3ccccc3)c1)OCC2. The van der Waals surface area contributed by atoms with E-state index in [0.29, 0.717) is 30.9 Å². The molecule has 2 atom stereocenters. The molecule has 8 heteroatoms. The molecule has 2 aliphatic rings. The van der Waals surface area contributed by atoms with Crippen LogP contribution in [-0.4, -0.2) is 25.6 Å². The van der Waals surface area contributed by atoms with Crippen LogP contribution in [0.25, 0.3) is 0 Å². The lowest BCUT2D eigenvalue weighted by Crippen LogP contribution is -2.45. The van der Waals surface area contributed by atoms with Crippen molar-refractivity contribution in [3.05, 3.63) is 59.2 Å². The fourth-order valence-corrected chi connectivity index (χ4v) is 4.04. The van der Waals surface area contributed by atoms with Gasteiger partial charge in [-0.3, -0.25) is 0 Å². The van der Waals surface area contributed by atoms with Crippen molar-refractivity contribution >= 4 is 12.4 Å². The number of piperidine rings is 1. The second-order valence-corrected chi connectivity index (χ2v) is 7.19. The quantitative estimate of drug-likeness (QED) is 0.734.